The summed E-state index contributed by atoms with van der Waals surface area (Å²) in [6, 6.07) is 20.0. The molecular weight excluding hydrogens is 280 g/mol. The zero-order valence-electron chi connectivity index (χ0n) is 11.3. The molecule has 3 rings (SSSR count). The molecule has 0 atom stereocenters. The number of hydrogen-bond donors (Lipinski definition) is 0. The van der Waals surface area contributed by atoms with Crippen LogP contribution in [0.25, 0.3) is 17.5 Å². The SMILES string of the molecule is C(=C/c1ccccc1)/CSc1nnc(-c2ccccc2)o1. The summed E-state index contributed by atoms with van der Waals surface area (Å²) in [7, 11) is 0. The maximum absolute atomic E-state index is 5.63. The standard InChI is InChI=1S/C17H14N2OS/c1-3-8-14(9-4-1)10-7-13-21-17-19-18-16(20-17)15-11-5-2-6-12-15/h1-12H,13H2/b10-7-. The smallest absolute Gasteiger partial charge is 0.277 e. The van der Waals surface area contributed by atoms with E-state index in [2.05, 4.69) is 34.5 Å². The summed E-state index contributed by atoms with van der Waals surface area (Å²) in [5.41, 5.74) is 2.13. The maximum atomic E-state index is 5.63. The van der Waals surface area contributed by atoms with E-state index in [9.17, 15) is 0 Å². The molecule has 1 aromatic heterocycles. The highest BCUT2D eigenvalue weighted by atomic mass is 32.2. The van der Waals surface area contributed by atoms with Crippen molar-refractivity contribution in [2.45, 2.75) is 5.22 Å². The van der Waals surface area contributed by atoms with Crippen LogP contribution >= 0.6 is 11.8 Å². The highest BCUT2D eigenvalue weighted by Gasteiger charge is 2.07. The van der Waals surface area contributed by atoms with Gasteiger partial charge in [0.25, 0.3) is 5.22 Å². The summed E-state index contributed by atoms with van der Waals surface area (Å²) >= 11 is 1.53. The highest BCUT2D eigenvalue weighted by Crippen LogP contribution is 2.22. The molecule has 4 heteroatoms. The molecular formula is C17H14N2OS. The Labute approximate surface area is 127 Å². The van der Waals surface area contributed by atoms with Crippen molar-refractivity contribution in [3.8, 4) is 11.5 Å². The minimum Gasteiger partial charge on any atom is -0.411 e. The molecule has 0 saturated heterocycles. The van der Waals surface area contributed by atoms with Gasteiger partial charge in [0.1, 0.15) is 0 Å². The fourth-order valence-corrected chi connectivity index (χ4v) is 2.40. The van der Waals surface area contributed by atoms with E-state index in [4.69, 9.17) is 4.42 Å². The van der Waals surface area contributed by atoms with Crippen LogP contribution in [-0.2, 0) is 0 Å². The second-order valence-electron chi connectivity index (χ2n) is 4.36. The van der Waals surface area contributed by atoms with Gasteiger partial charge in [0.05, 0.1) is 0 Å². The molecule has 0 aliphatic rings. The lowest BCUT2D eigenvalue weighted by Crippen LogP contribution is -1.75. The summed E-state index contributed by atoms with van der Waals surface area (Å²) < 4.78 is 5.63. The third-order valence-electron chi connectivity index (χ3n) is 2.84. The van der Waals surface area contributed by atoms with Crippen LogP contribution in [0, 0.1) is 0 Å². The molecule has 0 fully saturated rings. The van der Waals surface area contributed by atoms with Gasteiger partial charge in [0.15, 0.2) is 0 Å². The van der Waals surface area contributed by atoms with Gasteiger partial charge in [-0.15, -0.1) is 10.2 Å². The summed E-state index contributed by atoms with van der Waals surface area (Å²) in [6.45, 7) is 0. The maximum Gasteiger partial charge on any atom is 0.277 e. The normalized spacial score (nSPS) is 11.0. The molecule has 0 radical (unpaired) electrons. The fraction of sp³-hybridized carbons (Fsp3) is 0.0588. The molecule has 0 saturated carbocycles. The van der Waals surface area contributed by atoms with Crippen LogP contribution in [0.2, 0.25) is 0 Å². The van der Waals surface area contributed by atoms with Crippen LogP contribution in [0.4, 0.5) is 0 Å². The molecule has 0 spiro atoms. The van der Waals surface area contributed by atoms with Gasteiger partial charge in [0, 0.05) is 11.3 Å². The lowest BCUT2D eigenvalue weighted by molar-refractivity contribution is 0.466. The van der Waals surface area contributed by atoms with Crippen molar-refractivity contribution in [3.05, 3.63) is 72.3 Å². The molecule has 104 valence electrons. The van der Waals surface area contributed by atoms with E-state index in [0.29, 0.717) is 11.1 Å². The van der Waals surface area contributed by atoms with Crippen molar-refractivity contribution < 1.29 is 4.42 Å². The quantitative estimate of drug-likeness (QED) is 0.647. The Morgan fingerprint density at radius 2 is 1.62 bits per heavy atom. The van der Waals surface area contributed by atoms with Crippen LogP contribution in [0.15, 0.2) is 76.4 Å². The van der Waals surface area contributed by atoms with Crippen LogP contribution in [-0.4, -0.2) is 16.0 Å². The Morgan fingerprint density at radius 1 is 0.905 bits per heavy atom. The number of hydrogen-bond acceptors (Lipinski definition) is 4. The van der Waals surface area contributed by atoms with E-state index in [0.717, 1.165) is 11.3 Å². The van der Waals surface area contributed by atoms with Crippen LogP contribution in [0.1, 0.15) is 5.56 Å². The number of thioether (sulfide) groups is 1. The molecule has 0 bridgehead atoms. The van der Waals surface area contributed by atoms with Gasteiger partial charge in [-0.2, -0.15) is 0 Å². The van der Waals surface area contributed by atoms with Gasteiger partial charge in [-0.05, 0) is 17.7 Å². The predicted molar refractivity (Wildman–Crippen MR) is 85.9 cm³/mol. The van der Waals surface area contributed by atoms with Crippen molar-refractivity contribution in [1.29, 1.82) is 0 Å². The van der Waals surface area contributed by atoms with Crippen molar-refractivity contribution in [2.75, 3.05) is 5.75 Å². The van der Waals surface area contributed by atoms with Gasteiger partial charge >= 0.3 is 0 Å². The van der Waals surface area contributed by atoms with E-state index in [1.54, 1.807) is 0 Å². The van der Waals surface area contributed by atoms with E-state index >= 15 is 0 Å². The molecule has 0 aliphatic heterocycles. The van der Waals surface area contributed by atoms with E-state index in [-0.39, 0.29) is 0 Å². The van der Waals surface area contributed by atoms with Gasteiger partial charge in [-0.25, -0.2) is 0 Å². The molecule has 3 nitrogen and oxygen atoms in total. The largest absolute Gasteiger partial charge is 0.411 e. The summed E-state index contributed by atoms with van der Waals surface area (Å²) in [6.07, 6.45) is 4.17. The molecule has 21 heavy (non-hydrogen) atoms. The lowest BCUT2D eigenvalue weighted by atomic mass is 10.2. The van der Waals surface area contributed by atoms with Crippen molar-refractivity contribution in [3.63, 3.8) is 0 Å². The minimum absolute atomic E-state index is 0.560. The second-order valence-corrected chi connectivity index (χ2v) is 5.33. The second kappa shape index (κ2) is 6.90. The Balaban J connectivity index is 1.57. The average molecular weight is 294 g/mol. The zero-order valence-corrected chi connectivity index (χ0v) is 12.2. The molecule has 0 amide bonds. The van der Waals surface area contributed by atoms with Crippen LogP contribution < -0.4 is 0 Å². The van der Waals surface area contributed by atoms with E-state index < -0.39 is 0 Å². The molecule has 1 heterocycles. The lowest BCUT2D eigenvalue weighted by Gasteiger charge is -1.93. The van der Waals surface area contributed by atoms with E-state index in [1.807, 2.05) is 48.5 Å². The summed E-state index contributed by atoms with van der Waals surface area (Å²) in [4.78, 5) is 0. The Bertz CT molecular complexity index is 708. The fourth-order valence-electron chi connectivity index (χ4n) is 1.83. The molecule has 3 aromatic rings. The topological polar surface area (TPSA) is 38.9 Å². The number of aromatic nitrogens is 2. The highest BCUT2D eigenvalue weighted by molar-refractivity contribution is 7.99. The first-order valence-corrected chi connectivity index (χ1v) is 7.64. The predicted octanol–water partition coefficient (Wildman–Crippen LogP) is 4.54. The Hall–Kier alpha value is -2.33. The Kier molecular flexibility index (Phi) is 4.49. The number of rotatable bonds is 5. The van der Waals surface area contributed by atoms with Gasteiger partial charge in [-0.3, -0.25) is 0 Å². The van der Waals surface area contributed by atoms with Crippen molar-refractivity contribution >= 4 is 17.8 Å². The molecule has 2 aromatic carbocycles. The first kappa shape index (κ1) is 13.6. The summed E-state index contributed by atoms with van der Waals surface area (Å²) in [5, 5.41) is 8.70. The van der Waals surface area contributed by atoms with Gasteiger partial charge in [0.2, 0.25) is 5.89 Å². The first-order valence-electron chi connectivity index (χ1n) is 6.65. The van der Waals surface area contributed by atoms with Crippen molar-refractivity contribution in [1.82, 2.24) is 10.2 Å². The van der Waals surface area contributed by atoms with Crippen LogP contribution in [0.3, 0.4) is 0 Å². The molecule has 0 N–H and O–H groups in total. The third kappa shape index (κ3) is 3.83. The Morgan fingerprint density at radius 3 is 2.38 bits per heavy atom. The van der Waals surface area contributed by atoms with Crippen molar-refractivity contribution in [2.24, 2.45) is 0 Å². The molecule has 0 aliphatic carbocycles. The zero-order chi connectivity index (χ0) is 14.3. The van der Waals surface area contributed by atoms with Gasteiger partial charge < -0.3 is 4.42 Å². The van der Waals surface area contributed by atoms with E-state index in [1.165, 1.54) is 17.3 Å². The monoisotopic (exact) mass is 294 g/mol. The average Bonchev–Trinajstić information content (AvgIpc) is 3.02. The molecule has 0 unspecified atom stereocenters. The third-order valence-corrected chi connectivity index (χ3v) is 3.61. The van der Waals surface area contributed by atoms with Gasteiger partial charge in [-0.1, -0.05) is 72.4 Å². The van der Waals surface area contributed by atoms with Crippen LogP contribution in [0.5, 0.6) is 0 Å². The minimum atomic E-state index is 0.560. The number of benzene rings is 2. The number of nitrogens with zero attached hydrogens (tertiary/aromatic N) is 2. The summed E-state index contributed by atoms with van der Waals surface area (Å²) in [5.74, 6) is 1.36. The first-order chi connectivity index (χ1) is 10.4.